The average Bonchev–Trinajstić information content (AvgIpc) is 2.19. The molecule has 0 bridgehead atoms. The fourth-order valence-electron chi connectivity index (χ4n) is 1.19. The number of benzene rings is 1. The molecule has 0 saturated heterocycles. The molecule has 4 nitrogen and oxygen atoms in total. The second-order valence-corrected chi connectivity index (χ2v) is 5.71. The molecule has 0 spiro atoms. The highest BCUT2D eigenvalue weighted by atomic mass is 35.5. The van der Waals surface area contributed by atoms with Crippen LogP contribution in [0.2, 0.25) is 5.02 Å². The largest absolute Gasteiger partial charge is 0.392 e. The van der Waals surface area contributed by atoms with Crippen molar-refractivity contribution in [1.29, 1.82) is 0 Å². The summed E-state index contributed by atoms with van der Waals surface area (Å²) in [4.78, 5) is 0.139. The van der Waals surface area contributed by atoms with Gasteiger partial charge in [0, 0.05) is 11.6 Å². The first-order valence-corrected chi connectivity index (χ1v) is 6.63. The fourth-order valence-corrected chi connectivity index (χ4v) is 2.80. The summed E-state index contributed by atoms with van der Waals surface area (Å²) in [6.45, 7) is 3.13. The average molecular weight is 264 g/mol. The summed E-state index contributed by atoms with van der Waals surface area (Å²) in [5.41, 5.74) is 0.502. The topological polar surface area (TPSA) is 66.4 Å². The highest BCUT2D eigenvalue weighted by Crippen LogP contribution is 2.22. The molecule has 1 atom stereocenters. The molecule has 1 rings (SSSR count). The van der Waals surface area contributed by atoms with Crippen LogP contribution in [0.25, 0.3) is 0 Å². The Labute approximate surface area is 100 Å². The summed E-state index contributed by atoms with van der Waals surface area (Å²) < 4.78 is 26.0. The third kappa shape index (κ3) is 3.18. The summed E-state index contributed by atoms with van der Waals surface area (Å²) in [6.07, 6.45) is -0.728. The van der Waals surface area contributed by atoms with E-state index in [4.69, 9.17) is 16.7 Å². The van der Waals surface area contributed by atoms with Gasteiger partial charge in [0.2, 0.25) is 10.0 Å². The van der Waals surface area contributed by atoms with Crippen molar-refractivity contribution in [3.8, 4) is 0 Å². The van der Waals surface area contributed by atoms with E-state index in [1.165, 1.54) is 13.0 Å². The zero-order chi connectivity index (χ0) is 12.3. The monoisotopic (exact) mass is 263 g/mol. The Morgan fingerprint density at radius 1 is 1.50 bits per heavy atom. The van der Waals surface area contributed by atoms with Gasteiger partial charge in [-0.2, -0.15) is 0 Å². The molecule has 6 heteroatoms. The lowest BCUT2D eigenvalue weighted by Gasteiger charge is -2.11. The van der Waals surface area contributed by atoms with Crippen LogP contribution < -0.4 is 4.72 Å². The van der Waals surface area contributed by atoms with Crippen molar-refractivity contribution in [1.82, 2.24) is 4.72 Å². The van der Waals surface area contributed by atoms with Crippen molar-refractivity contribution in [3.05, 3.63) is 28.8 Å². The van der Waals surface area contributed by atoms with Gasteiger partial charge in [-0.15, -0.1) is 0 Å². The first-order chi connectivity index (χ1) is 7.34. The van der Waals surface area contributed by atoms with Crippen LogP contribution >= 0.6 is 11.6 Å². The van der Waals surface area contributed by atoms with E-state index in [9.17, 15) is 8.42 Å². The second kappa shape index (κ2) is 5.14. The number of aliphatic hydroxyl groups excluding tert-OH is 1. The molecule has 16 heavy (non-hydrogen) atoms. The van der Waals surface area contributed by atoms with E-state index < -0.39 is 16.1 Å². The molecule has 0 aromatic heterocycles. The fraction of sp³-hybridized carbons (Fsp3) is 0.400. The third-order valence-electron chi connectivity index (χ3n) is 2.08. The summed E-state index contributed by atoms with van der Waals surface area (Å²) in [5.74, 6) is 0. The highest BCUT2D eigenvalue weighted by molar-refractivity contribution is 7.89. The highest BCUT2D eigenvalue weighted by Gasteiger charge is 2.17. The lowest BCUT2D eigenvalue weighted by molar-refractivity contribution is 0.198. The number of halogens is 1. The summed E-state index contributed by atoms with van der Waals surface area (Å²) in [6, 6.07) is 4.68. The Balaban J connectivity index is 3.03. The third-order valence-corrected chi connectivity index (χ3v) is 4.05. The van der Waals surface area contributed by atoms with Crippen LogP contribution in [0.4, 0.5) is 0 Å². The van der Waals surface area contributed by atoms with E-state index in [1.54, 1.807) is 19.1 Å². The standard InChI is InChI=1S/C10H14ClNO3S/c1-7(13)6-12-16(14,15)10-5-3-4-9(11)8(10)2/h3-5,7,12-13H,6H2,1-2H3/t7-/m0/s1. The van der Waals surface area contributed by atoms with Gasteiger partial charge in [0.1, 0.15) is 0 Å². The van der Waals surface area contributed by atoms with Gasteiger partial charge < -0.3 is 5.11 Å². The zero-order valence-corrected chi connectivity index (χ0v) is 10.6. The van der Waals surface area contributed by atoms with Crippen LogP contribution in [-0.2, 0) is 10.0 Å². The molecule has 90 valence electrons. The number of rotatable bonds is 4. The molecule has 0 heterocycles. The molecule has 2 N–H and O–H groups in total. The van der Waals surface area contributed by atoms with E-state index in [0.717, 1.165) is 0 Å². The van der Waals surface area contributed by atoms with Crippen LogP contribution in [0.1, 0.15) is 12.5 Å². The van der Waals surface area contributed by atoms with Crippen molar-refractivity contribution >= 4 is 21.6 Å². The number of aliphatic hydroxyl groups is 1. The van der Waals surface area contributed by atoms with Crippen molar-refractivity contribution in [2.75, 3.05) is 6.54 Å². The maximum atomic E-state index is 11.8. The van der Waals surface area contributed by atoms with Gasteiger partial charge in [0.05, 0.1) is 11.0 Å². The Bertz CT molecular complexity index is 471. The minimum Gasteiger partial charge on any atom is -0.392 e. The summed E-state index contributed by atoms with van der Waals surface area (Å²) >= 11 is 5.84. The van der Waals surface area contributed by atoms with E-state index in [-0.39, 0.29) is 11.4 Å². The number of sulfonamides is 1. The lowest BCUT2D eigenvalue weighted by Crippen LogP contribution is -2.31. The van der Waals surface area contributed by atoms with Crippen molar-refractivity contribution < 1.29 is 13.5 Å². The van der Waals surface area contributed by atoms with Crippen LogP contribution in [-0.4, -0.2) is 26.2 Å². The van der Waals surface area contributed by atoms with Crippen LogP contribution in [0.5, 0.6) is 0 Å². The SMILES string of the molecule is Cc1c(Cl)cccc1S(=O)(=O)NC[C@H](C)O. The van der Waals surface area contributed by atoms with Crippen molar-refractivity contribution in [2.24, 2.45) is 0 Å². The Morgan fingerprint density at radius 3 is 2.69 bits per heavy atom. The van der Waals surface area contributed by atoms with Crippen molar-refractivity contribution in [2.45, 2.75) is 24.8 Å². The Hall–Kier alpha value is -0.620. The van der Waals surface area contributed by atoms with E-state index in [0.29, 0.717) is 10.6 Å². The molecule has 0 aliphatic heterocycles. The van der Waals surface area contributed by atoms with Gasteiger partial charge in [0.25, 0.3) is 0 Å². The molecular weight excluding hydrogens is 250 g/mol. The summed E-state index contributed by atoms with van der Waals surface area (Å²) in [7, 11) is -3.60. The van der Waals surface area contributed by atoms with Gasteiger partial charge in [-0.05, 0) is 31.5 Å². The molecule has 0 aliphatic rings. The normalized spacial score (nSPS) is 13.8. The quantitative estimate of drug-likeness (QED) is 0.861. The molecular formula is C10H14ClNO3S. The molecule has 1 aromatic carbocycles. The van der Waals surface area contributed by atoms with Gasteiger partial charge in [-0.25, -0.2) is 13.1 Å². The van der Waals surface area contributed by atoms with Gasteiger partial charge in [0.15, 0.2) is 0 Å². The lowest BCUT2D eigenvalue weighted by atomic mass is 10.2. The number of hydrogen-bond donors (Lipinski definition) is 2. The first-order valence-electron chi connectivity index (χ1n) is 4.77. The van der Waals surface area contributed by atoms with E-state index >= 15 is 0 Å². The minimum absolute atomic E-state index is 0.0196. The number of nitrogens with one attached hydrogen (secondary N) is 1. The molecule has 1 aromatic rings. The molecule has 0 unspecified atom stereocenters. The van der Waals surface area contributed by atoms with Gasteiger partial charge in [-0.3, -0.25) is 0 Å². The maximum absolute atomic E-state index is 11.8. The first kappa shape index (κ1) is 13.4. The van der Waals surface area contributed by atoms with Crippen LogP contribution in [0.3, 0.4) is 0 Å². The summed E-state index contributed by atoms with van der Waals surface area (Å²) in [5, 5.41) is 9.44. The zero-order valence-electron chi connectivity index (χ0n) is 9.07. The molecule has 0 fully saturated rings. The van der Waals surface area contributed by atoms with E-state index in [2.05, 4.69) is 4.72 Å². The van der Waals surface area contributed by atoms with Crippen LogP contribution in [0, 0.1) is 6.92 Å². The minimum atomic E-state index is -3.60. The Morgan fingerprint density at radius 2 is 2.12 bits per heavy atom. The maximum Gasteiger partial charge on any atom is 0.240 e. The molecule has 0 radical (unpaired) electrons. The second-order valence-electron chi connectivity index (χ2n) is 3.56. The van der Waals surface area contributed by atoms with E-state index in [1.807, 2.05) is 0 Å². The molecule has 0 saturated carbocycles. The predicted molar refractivity (Wildman–Crippen MR) is 63.1 cm³/mol. The Kier molecular flexibility index (Phi) is 4.32. The van der Waals surface area contributed by atoms with Gasteiger partial charge >= 0.3 is 0 Å². The van der Waals surface area contributed by atoms with Gasteiger partial charge in [-0.1, -0.05) is 17.7 Å². The smallest absolute Gasteiger partial charge is 0.240 e. The number of hydrogen-bond acceptors (Lipinski definition) is 3. The molecule has 0 aliphatic carbocycles. The molecule has 0 amide bonds. The predicted octanol–water partition coefficient (Wildman–Crippen LogP) is 1.31. The van der Waals surface area contributed by atoms with Crippen LogP contribution in [0.15, 0.2) is 23.1 Å². The van der Waals surface area contributed by atoms with Crippen molar-refractivity contribution in [3.63, 3.8) is 0 Å².